The van der Waals surface area contributed by atoms with Gasteiger partial charge < -0.3 is 16.4 Å². The summed E-state index contributed by atoms with van der Waals surface area (Å²) in [6.07, 6.45) is 0. The molecule has 0 aliphatic carbocycles. The first-order valence-electron chi connectivity index (χ1n) is 8.88. The number of rotatable bonds is 5. The Balaban J connectivity index is 1.87. The number of benzene rings is 2. The van der Waals surface area contributed by atoms with Gasteiger partial charge in [-0.2, -0.15) is 5.10 Å². The molecular weight excluding hydrogens is 358 g/mol. The summed E-state index contributed by atoms with van der Waals surface area (Å²) in [7, 11) is 0. The number of amides is 3. The normalized spacial score (nSPS) is 11.8. The zero-order chi connectivity index (χ0) is 20.3. The van der Waals surface area contributed by atoms with E-state index in [0.29, 0.717) is 23.0 Å². The molecule has 1 heterocycles. The van der Waals surface area contributed by atoms with Gasteiger partial charge >= 0.3 is 6.03 Å². The molecule has 0 bridgehead atoms. The van der Waals surface area contributed by atoms with E-state index in [-0.39, 0.29) is 23.2 Å². The molecule has 1 aromatic heterocycles. The van der Waals surface area contributed by atoms with Crippen molar-refractivity contribution in [2.24, 2.45) is 5.73 Å². The fourth-order valence-electron chi connectivity index (χ4n) is 2.96. The number of urea groups is 1. The summed E-state index contributed by atoms with van der Waals surface area (Å²) in [4.78, 5) is 36.2. The second-order valence-electron chi connectivity index (χ2n) is 6.32. The van der Waals surface area contributed by atoms with Crippen LogP contribution in [0.4, 0.5) is 10.5 Å². The minimum Gasteiger partial charge on any atom is -0.351 e. The SMILES string of the molecule is CCn1nc(C(=O)NC(C)c2ccc(NC(N)=O)cc2)c2ccccc2c1=O. The molecule has 4 N–H and O–H groups in total. The zero-order valence-electron chi connectivity index (χ0n) is 15.6. The zero-order valence-corrected chi connectivity index (χ0v) is 15.6. The number of fused-ring (bicyclic) bond motifs is 1. The molecule has 1 atom stereocenters. The molecule has 144 valence electrons. The number of nitrogens with two attached hydrogens (primary N) is 1. The van der Waals surface area contributed by atoms with Crippen LogP contribution in [0.2, 0.25) is 0 Å². The van der Waals surface area contributed by atoms with Crippen molar-refractivity contribution in [2.75, 3.05) is 5.32 Å². The monoisotopic (exact) mass is 379 g/mol. The van der Waals surface area contributed by atoms with Crippen LogP contribution < -0.4 is 21.9 Å². The number of hydrogen-bond acceptors (Lipinski definition) is 4. The molecule has 28 heavy (non-hydrogen) atoms. The van der Waals surface area contributed by atoms with E-state index in [9.17, 15) is 14.4 Å². The highest BCUT2D eigenvalue weighted by Crippen LogP contribution is 2.18. The van der Waals surface area contributed by atoms with Crippen molar-refractivity contribution in [1.82, 2.24) is 15.1 Å². The minimum absolute atomic E-state index is 0.205. The van der Waals surface area contributed by atoms with Crippen LogP contribution in [-0.2, 0) is 6.54 Å². The van der Waals surface area contributed by atoms with Gasteiger partial charge in [0.15, 0.2) is 5.69 Å². The van der Waals surface area contributed by atoms with Crippen molar-refractivity contribution in [2.45, 2.75) is 26.4 Å². The molecule has 3 aromatic rings. The highest BCUT2D eigenvalue weighted by molar-refractivity contribution is 6.04. The number of aryl methyl sites for hydroxylation is 1. The van der Waals surface area contributed by atoms with Crippen LogP contribution in [0, 0.1) is 0 Å². The van der Waals surface area contributed by atoms with E-state index in [1.54, 1.807) is 55.5 Å². The smallest absolute Gasteiger partial charge is 0.316 e. The van der Waals surface area contributed by atoms with Crippen LogP contribution in [0.3, 0.4) is 0 Å². The summed E-state index contributed by atoms with van der Waals surface area (Å²) in [6.45, 7) is 4.01. The van der Waals surface area contributed by atoms with Crippen LogP contribution in [0.25, 0.3) is 10.8 Å². The number of anilines is 1. The van der Waals surface area contributed by atoms with Crippen LogP contribution in [-0.4, -0.2) is 21.7 Å². The standard InChI is InChI=1S/C20H21N5O3/c1-3-25-19(27)16-7-5-4-6-15(16)17(24-25)18(26)22-12(2)13-8-10-14(11-9-13)23-20(21)28/h4-12H,3H2,1-2H3,(H,22,26)(H3,21,23,28). The van der Waals surface area contributed by atoms with Crippen molar-refractivity contribution in [3.8, 4) is 0 Å². The fourth-order valence-corrected chi connectivity index (χ4v) is 2.96. The summed E-state index contributed by atoms with van der Waals surface area (Å²) < 4.78 is 1.28. The molecule has 0 aliphatic heterocycles. The first kappa shape index (κ1) is 19.1. The van der Waals surface area contributed by atoms with Gasteiger partial charge in [-0.05, 0) is 37.6 Å². The lowest BCUT2D eigenvalue weighted by molar-refractivity contribution is 0.0934. The molecule has 0 aliphatic rings. The molecular formula is C20H21N5O3. The maximum Gasteiger partial charge on any atom is 0.316 e. The Labute approximate surface area is 161 Å². The van der Waals surface area contributed by atoms with Crippen LogP contribution in [0.15, 0.2) is 53.3 Å². The number of carbonyl (C=O) groups is 2. The third kappa shape index (κ3) is 3.85. The summed E-state index contributed by atoms with van der Waals surface area (Å²) in [5.41, 5.74) is 6.49. The third-order valence-electron chi connectivity index (χ3n) is 4.41. The third-order valence-corrected chi connectivity index (χ3v) is 4.41. The molecule has 3 amide bonds. The molecule has 2 aromatic carbocycles. The molecule has 1 unspecified atom stereocenters. The van der Waals surface area contributed by atoms with Gasteiger partial charge in [-0.25, -0.2) is 9.48 Å². The molecule has 0 fully saturated rings. The average Bonchev–Trinajstić information content (AvgIpc) is 2.68. The van der Waals surface area contributed by atoms with Crippen LogP contribution in [0.1, 0.15) is 35.9 Å². The highest BCUT2D eigenvalue weighted by Gasteiger charge is 2.18. The lowest BCUT2D eigenvalue weighted by Gasteiger charge is -2.16. The molecule has 0 radical (unpaired) electrons. The lowest BCUT2D eigenvalue weighted by atomic mass is 10.1. The van der Waals surface area contributed by atoms with E-state index in [0.717, 1.165) is 5.56 Å². The topological polar surface area (TPSA) is 119 Å². The number of primary amides is 1. The van der Waals surface area contributed by atoms with E-state index in [1.807, 2.05) is 6.92 Å². The highest BCUT2D eigenvalue weighted by atomic mass is 16.2. The lowest BCUT2D eigenvalue weighted by Crippen LogP contribution is -2.31. The van der Waals surface area contributed by atoms with Crippen LogP contribution >= 0.6 is 0 Å². The molecule has 0 saturated heterocycles. The van der Waals surface area contributed by atoms with E-state index in [2.05, 4.69) is 15.7 Å². The van der Waals surface area contributed by atoms with Crippen LogP contribution in [0.5, 0.6) is 0 Å². The number of nitrogens with zero attached hydrogens (tertiary/aromatic N) is 2. The van der Waals surface area contributed by atoms with Crippen molar-refractivity contribution < 1.29 is 9.59 Å². The quantitative estimate of drug-likeness (QED) is 0.630. The first-order valence-corrected chi connectivity index (χ1v) is 8.88. The predicted octanol–water partition coefficient (Wildman–Crippen LogP) is 2.40. The second-order valence-corrected chi connectivity index (χ2v) is 6.32. The van der Waals surface area contributed by atoms with E-state index in [4.69, 9.17) is 5.73 Å². The Kier molecular flexibility index (Phi) is 5.39. The van der Waals surface area contributed by atoms with Crippen molar-refractivity contribution in [1.29, 1.82) is 0 Å². The second kappa shape index (κ2) is 7.91. The van der Waals surface area contributed by atoms with Gasteiger partial charge in [0.25, 0.3) is 11.5 Å². The van der Waals surface area contributed by atoms with Crippen molar-refractivity contribution >= 4 is 28.4 Å². The van der Waals surface area contributed by atoms with Gasteiger partial charge in [-0.3, -0.25) is 9.59 Å². The number of carbonyl (C=O) groups excluding carboxylic acids is 2. The Morgan fingerprint density at radius 3 is 2.36 bits per heavy atom. The summed E-state index contributed by atoms with van der Waals surface area (Å²) in [6, 6.07) is 13.0. The number of nitrogens with one attached hydrogen (secondary N) is 2. The summed E-state index contributed by atoms with van der Waals surface area (Å²) in [5, 5.41) is 10.6. The Hall–Kier alpha value is -3.68. The molecule has 3 rings (SSSR count). The van der Waals surface area contributed by atoms with Crippen molar-refractivity contribution in [3.05, 3.63) is 70.1 Å². The van der Waals surface area contributed by atoms with Gasteiger partial charge in [0.05, 0.1) is 11.4 Å². The van der Waals surface area contributed by atoms with E-state index >= 15 is 0 Å². The number of aromatic nitrogens is 2. The molecule has 8 heteroatoms. The van der Waals surface area contributed by atoms with Gasteiger partial charge in [0.2, 0.25) is 0 Å². The Morgan fingerprint density at radius 2 is 1.75 bits per heavy atom. The summed E-state index contributed by atoms with van der Waals surface area (Å²) >= 11 is 0. The first-order chi connectivity index (χ1) is 13.4. The van der Waals surface area contributed by atoms with E-state index in [1.165, 1.54) is 4.68 Å². The van der Waals surface area contributed by atoms with Crippen molar-refractivity contribution in [3.63, 3.8) is 0 Å². The summed E-state index contributed by atoms with van der Waals surface area (Å²) in [5.74, 6) is -0.370. The van der Waals surface area contributed by atoms with E-state index < -0.39 is 6.03 Å². The Morgan fingerprint density at radius 1 is 1.11 bits per heavy atom. The Bertz CT molecular complexity index is 1090. The molecule has 0 spiro atoms. The molecule has 8 nitrogen and oxygen atoms in total. The number of hydrogen-bond donors (Lipinski definition) is 3. The van der Waals surface area contributed by atoms with Gasteiger partial charge in [0.1, 0.15) is 0 Å². The maximum atomic E-state index is 12.9. The average molecular weight is 379 g/mol. The van der Waals surface area contributed by atoms with Gasteiger partial charge in [0, 0.05) is 17.6 Å². The minimum atomic E-state index is -0.641. The van der Waals surface area contributed by atoms with Gasteiger partial charge in [-0.15, -0.1) is 0 Å². The van der Waals surface area contributed by atoms with Gasteiger partial charge in [-0.1, -0.05) is 30.3 Å². The predicted molar refractivity (Wildman–Crippen MR) is 107 cm³/mol. The largest absolute Gasteiger partial charge is 0.351 e. The maximum absolute atomic E-state index is 12.9. The molecule has 0 saturated carbocycles. The fraction of sp³-hybridized carbons (Fsp3) is 0.200.